The smallest absolute Gasteiger partial charge is 0.297 e. The van der Waals surface area contributed by atoms with E-state index in [-0.39, 0.29) is 17.6 Å². The van der Waals surface area contributed by atoms with Crippen LogP contribution in [0.5, 0.6) is 0 Å². The van der Waals surface area contributed by atoms with Crippen molar-refractivity contribution in [2.24, 2.45) is 0 Å². The molecule has 5 heteroatoms. The van der Waals surface area contributed by atoms with Crippen LogP contribution in [0.1, 0.15) is 6.92 Å². The van der Waals surface area contributed by atoms with E-state index in [4.69, 9.17) is 8.92 Å². The quantitative estimate of drug-likeness (QED) is 0.718. The fraction of sp³-hybridized carbons (Fsp3) is 0.400. The third kappa shape index (κ3) is 3.62. The van der Waals surface area contributed by atoms with Crippen molar-refractivity contribution in [3.63, 3.8) is 0 Å². The van der Waals surface area contributed by atoms with Crippen LogP contribution in [0, 0.1) is 0 Å². The zero-order valence-electron chi connectivity index (χ0n) is 8.71. The second-order valence-electron chi connectivity index (χ2n) is 3.10. The van der Waals surface area contributed by atoms with E-state index in [1.807, 2.05) is 0 Å². The van der Waals surface area contributed by atoms with E-state index in [0.29, 0.717) is 0 Å². The van der Waals surface area contributed by atoms with Gasteiger partial charge in [-0.3, -0.25) is 4.18 Å². The van der Waals surface area contributed by atoms with Crippen LogP contribution in [0.2, 0.25) is 0 Å². The van der Waals surface area contributed by atoms with E-state index >= 15 is 0 Å². The highest BCUT2D eigenvalue weighted by Crippen LogP contribution is 2.11. The minimum atomic E-state index is -3.65. The van der Waals surface area contributed by atoms with Gasteiger partial charge in [-0.1, -0.05) is 18.2 Å². The van der Waals surface area contributed by atoms with Crippen LogP contribution in [0.3, 0.4) is 0 Å². The van der Waals surface area contributed by atoms with Gasteiger partial charge in [0, 0.05) is 7.11 Å². The van der Waals surface area contributed by atoms with Crippen molar-refractivity contribution in [1.29, 1.82) is 0 Å². The molecular formula is C10H14O4S. The lowest BCUT2D eigenvalue weighted by Crippen LogP contribution is -2.17. The van der Waals surface area contributed by atoms with Crippen molar-refractivity contribution in [3.05, 3.63) is 30.3 Å². The van der Waals surface area contributed by atoms with Gasteiger partial charge in [0.25, 0.3) is 10.1 Å². The predicted octanol–water partition coefficient (Wildman–Crippen LogP) is 1.43. The summed E-state index contributed by atoms with van der Waals surface area (Å²) in [5.74, 6) is 0. The molecule has 0 radical (unpaired) electrons. The maximum atomic E-state index is 11.6. The van der Waals surface area contributed by atoms with E-state index in [0.717, 1.165) is 0 Å². The summed E-state index contributed by atoms with van der Waals surface area (Å²) in [4.78, 5) is 0.160. The molecular weight excluding hydrogens is 216 g/mol. The molecule has 0 N–H and O–H groups in total. The molecule has 0 aromatic heterocycles. The second-order valence-corrected chi connectivity index (χ2v) is 4.71. The maximum Gasteiger partial charge on any atom is 0.297 e. The maximum absolute atomic E-state index is 11.6. The Morgan fingerprint density at radius 3 is 2.40 bits per heavy atom. The van der Waals surface area contributed by atoms with E-state index in [9.17, 15) is 8.42 Å². The van der Waals surface area contributed by atoms with Crippen LogP contribution in [0.4, 0.5) is 0 Å². The molecule has 0 saturated carbocycles. The average molecular weight is 230 g/mol. The van der Waals surface area contributed by atoms with Gasteiger partial charge in [0.2, 0.25) is 0 Å². The second kappa shape index (κ2) is 5.25. The third-order valence-electron chi connectivity index (χ3n) is 1.89. The van der Waals surface area contributed by atoms with Gasteiger partial charge in [-0.15, -0.1) is 0 Å². The van der Waals surface area contributed by atoms with Crippen molar-refractivity contribution in [2.75, 3.05) is 13.7 Å². The Kier molecular flexibility index (Phi) is 4.26. The number of benzene rings is 1. The first-order valence-corrected chi connectivity index (χ1v) is 5.94. The fourth-order valence-corrected chi connectivity index (χ4v) is 1.91. The summed E-state index contributed by atoms with van der Waals surface area (Å²) >= 11 is 0. The van der Waals surface area contributed by atoms with Gasteiger partial charge in [0.05, 0.1) is 17.6 Å². The number of ether oxygens (including phenoxy) is 1. The Morgan fingerprint density at radius 1 is 1.27 bits per heavy atom. The first kappa shape index (κ1) is 12.2. The zero-order chi connectivity index (χ0) is 11.3. The normalized spacial score (nSPS) is 13.7. The van der Waals surface area contributed by atoms with Gasteiger partial charge in [-0.2, -0.15) is 8.42 Å². The van der Waals surface area contributed by atoms with E-state index in [2.05, 4.69) is 0 Å². The van der Waals surface area contributed by atoms with Crippen molar-refractivity contribution < 1.29 is 17.3 Å². The summed E-state index contributed by atoms with van der Waals surface area (Å²) in [5, 5.41) is 0. The molecule has 0 amide bonds. The first-order valence-electron chi connectivity index (χ1n) is 4.53. The van der Waals surface area contributed by atoms with Crippen molar-refractivity contribution >= 4 is 10.1 Å². The van der Waals surface area contributed by atoms with E-state index < -0.39 is 10.1 Å². The van der Waals surface area contributed by atoms with Gasteiger partial charge in [0.1, 0.15) is 0 Å². The third-order valence-corrected chi connectivity index (χ3v) is 3.19. The molecule has 1 rings (SSSR count). The molecule has 1 aromatic rings. The van der Waals surface area contributed by atoms with Crippen molar-refractivity contribution in [1.82, 2.24) is 0 Å². The molecule has 0 heterocycles. The molecule has 0 fully saturated rings. The van der Waals surface area contributed by atoms with Gasteiger partial charge in [-0.25, -0.2) is 0 Å². The highest BCUT2D eigenvalue weighted by molar-refractivity contribution is 7.86. The van der Waals surface area contributed by atoms with Gasteiger partial charge in [0.15, 0.2) is 0 Å². The molecule has 4 nitrogen and oxygen atoms in total. The molecule has 0 aliphatic heterocycles. The Bertz CT molecular complexity index is 385. The van der Waals surface area contributed by atoms with Crippen LogP contribution in [0.15, 0.2) is 35.2 Å². The summed E-state index contributed by atoms with van der Waals surface area (Å²) < 4.78 is 32.9. The van der Waals surface area contributed by atoms with Crippen molar-refractivity contribution in [3.8, 4) is 0 Å². The summed E-state index contributed by atoms with van der Waals surface area (Å²) in [6.07, 6.45) is -0.247. The topological polar surface area (TPSA) is 52.6 Å². The number of rotatable bonds is 5. The molecule has 1 aromatic carbocycles. The molecule has 0 spiro atoms. The lowest BCUT2D eigenvalue weighted by Gasteiger charge is -2.09. The molecule has 1 atom stereocenters. The van der Waals surface area contributed by atoms with Crippen LogP contribution in [-0.2, 0) is 19.0 Å². The average Bonchev–Trinajstić information content (AvgIpc) is 2.27. The summed E-state index contributed by atoms with van der Waals surface area (Å²) in [6.45, 7) is 1.76. The van der Waals surface area contributed by atoms with Gasteiger partial charge < -0.3 is 4.74 Å². The monoisotopic (exact) mass is 230 g/mol. The Labute approximate surface area is 90.0 Å². The molecule has 0 aliphatic rings. The van der Waals surface area contributed by atoms with Gasteiger partial charge in [-0.05, 0) is 19.1 Å². The summed E-state index contributed by atoms with van der Waals surface area (Å²) in [6, 6.07) is 8.03. The fourth-order valence-electron chi connectivity index (χ4n) is 0.909. The molecule has 0 aliphatic carbocycles. The molecule has 0 saturated heterocycles. The summed E-state index contributed by atoms with van der Waals surface area (Å²) in [7, 11) is -2.14. The number of hydrogen-bond acceptors (Lipinski definition) is 4. The predicted molar refractivity (Wildman–Crippen MR) is 56.1 cm³/mol. The Morgan fingerprint density at radius 2 is 1.87 bits per heavy atom. The summed E-state index contributed by atoms with van der Waals surface area (Å²) in [5.41, 5.74) is 0. The lowest BCUT2D eigenvalue weighted by molar-refractivity contribution is 0.0739. The number of hydrogen-bond donors (Lipinski definition) is 0. The minimum absolute atomic E-state index is 0.0216. The van der Waals surface area contributed by atoms with Crippen LogP contribution in [-0.4, -0.2) is 28.2 Å². The Balaban J connectivity index is 2.69. The lowest BCUT2D eigenvalue weighted by atomic mass is 10.4. The van der Waals surface area contributed by atoms with E-state index in [1.165, 1.54) is 19.2 Å². The van der Waals surface area contributed by atoms with E-state index in [1.54, 1.807) is 25.1 Å². The molecule has 0 bridgehead atoms. The first-order chi connectivity index (χ1) is 7.06. The standard InChI is InChI=1S/C10H14O4S/c1-9(13-2)8-14-15(11,12)10-6-4-3-5-7-10/h3-7,9H,8H2,1-2H3. The van der Waals surface area contributed by atoms with Crippen LogP contribution in [0.25, 0.3) is 0 Å². The molecule has 15 heavy (non-hydrogen) atoms. The largest absolute Gasteiger partial charge is 0.379 e. The minimum Gasteiger partial charge on any atom is -0.379 e. The Hall–Kier alpha value is -0.910. The van der Waals surface area contributed by atoms with Crippen LogP contribution >= 0.6 is 0 Å². The van der Waals surface area contributed by atoms with Crippen molar-refractivity contribution in [2.45, 2.75) is 17.9 Å². The highest BCUT2D eigenvalue weighted by atomic mass is 32.2. The van der Waals surface area contributed by atoms with Gasteiger partial charge >= 0.3 is 0 Å². The highest BCUT2D eigenvalue weighted by Gasteiger charge is 2.15. The molecule has 1 unspecified atom stereocenters. The SMILES string of the molecule is COC(C)COS(=O)(=O)c1ccccc1. The zero-order valence-corrected chi connectivity index (χ0v) is 9.53. The molecule has 84 valence electrons. The van der Waals surface area contributed by atoms with Crippen LogP contribution < -0.4 is 0 Å². The number of methoxy groups -OCH3 is 1.